The Morgan fingerprint density at radius 3 is 2.48 bits per heavy atom. The molecule has 0 aliphatic heterocycles. The van der Waals surface area contributed by atoms with E-state index in [9.17, 15) is 14.1 Å². The zero-order chi connectivity index (χ0) is 20.6. The standard InChI is InChI=1S/C19H30N2O5S/c1-13(2)10-16(20-18(23)26-19(3,4)5)17(22)21-27(24)15-9-7-8-14(11-15)12-25-6/h7-9,11,13,16H,10,12H2,1-6H3,(H,20,23)(H,21,22). The molecule has 0 bridgehead atoms. The molecule has 152 valence electrons. The van der Waals surface area contributed by atoms with Crippen LogP contribution in [0.5, 0.6) is 0 Å². The number of carbonyl (C=O) groups excluding carboxylic acids is 2. The molecular formula is C19H30N2O5S. The lowest BCUT2D eigenvalue weighted by atomic mass is 10.0. The Kier molecular flexibility index (Phi) is 9.08. The number of hydrogen-bond donors (Lipinski definition) is 2. The van der Waals surface area contributed by atoms with E-state index in [0.29, 0.717) is 17.9 Å². The summed E-state index contributed by atoms with van der Waals surface area (Å²) in [6.07, 6.45) is -0.289. The van der Waals surface area contributed by atoms with Crippen LogP contribution < -0.4 is 10.0 Å². The van der Waals surface area contributed by atoms with E-state index in [1.54, 1.807) is 46.1 Å². The fourth-order valence-corrected chi connectivity index (χ4v) is 3.19. The van der Waals surface area contributed by atoms with Crippen LogP contribution in [0.1, 0.15) is 46.6 Å². The lowest BCUT2D eigenvalue weighted by Crippen LogP contribution is -2.50. The van der Waals surface area contributed by atoms with E-state index in [-0.39, 0.29) is 5.92 Å². The van der Waals surface area contributed by atoms with Gasteiger partial charge in [-0.3, -0.25) is 4.79 Å². The Hall–Kier alpha value is -1.77. The second-order valence-electron chi connectivity index (χ2n) is 7.64. The number of methoxy groups -OCH3 is 1. The summed E-state index contributed by atoms with van der Waals surface area (Å²) in [5.41, 5.74) is 0.177. The van der Waals surface area contributed by atoms with Crippen molar-refractivity contribution in [1.82, 2.24) is 10.0 Å². The fraction of sp³-hybridized carbons (Fsp3) is 0.579. The molecule has 2 unspecified atom stereocenters. The van der Waals surface area contributed by atoms with Crippen LogP contribution in [0.4, 0.5) is 4.79 Å². The third-order valence-corrected chi connectivity index (χ3v) is 4.40. The van der Waals surface area contributed by atoms with E-state index in [1.807, 2.05) is 19.9 Å². The fourth-order valence-electron chi connectivity index (χ4n) is 2.29. The highest BCUT2D eigenvalue weighted by atomic mass is 32.2. The van der Waals surface area contributed by atoms with Crippen LogP contribution in [0.3, 0.4) is 0 Å². The van der Waals surface area contributed by atoms with Crippen LogP contribution in [-0.2, 0) is 32.2 Å². The van der Waals surface area contributed by atoms with Crippen molar-refractivity contribution in [3.63, 3.8) is 0 Å². The van der Waals surface area contributed by atoms with Gasteiger partial charge in [0, 0.05) is 13.2 Å². The first kappa shape index (κ1) is 23.3. The molecule has 2 atom stereocenters. The van der Waals surface area contributed by atoms with Crippen molar-refractivity contribution in [1.29, 1.82) is 0 Å². The van der Waals surface area contributed by atoms with Gasteiger partial charge in [0.1, 0.15) is 23.0 Å². The molecule has 0 spiro atoms. The first-order chi connectivity index (χ1) is 12.5. The summed E-state index contributed by atoms with van der Waals surface area (Å²) in [6, 6.07) is 6.12. The molecule has 1 aromatic carbocycles. The van der Waals surface area contributed by atoms with Crippen molar-refractivity contribution in [3.8, 4) is 0 Å². The van der Waals surface area contributed by atoms with Crippen LogP contribution in [-0.4, -0.2) is 35.3 Å². The molecule has 0 radical (unpaired) electrons. The smallest absolute Gasteiger partial charge is 0.408 e. The van der Waals surface area contributed by atoms with Gasteiger partial charge in [0.25, 0.3) is 5.91 Å². The molecule has 27 heavy (non-hydrogen) atoms. The van der Waals surface area contributed by atoms with Gasteiger partial charge in [0.15, 0.2) is 4.90 Å². The highest BCUT2D eigenvalue weighted by molar-refractivity contribution is 7.90. The van der Waals surface area contributed by atoms with Gasteiger partial charge in [-0.05, 0) is 44.7 Å². The predicted octanol–water partition coefficient (Wildman–Crippen LogP) is 2.91. The maximum Gasteiger partial charge on any atom is 0.408 e. The van der Waals surface area contributed by atoms with Crippen LogP contribution >= 0.6 is 0 Å². The van der Waals surface area contributed by atoms with Gasteiger partial charge in [-0.2, -0.15) is 4.72 Å². The molecule has 0 fully saturated rings. The van der Waals surface area contributed by atoms with Gasteiger partial charge in [0.05, 0.1) is 6.61 Å². The lowest BCUT2D eigenvalue weighted by Gasteiger charge is -2.24. The zero-order valence-electron chi connectivity index (χ0n) is 16.8. The Labute approximate surface area is 164 Å². The highest BCUT2D eigenvalue weighted by Gasteiger charge is 2.28. The molecule has 1 rings (SSSR count). The lowest BCUT2D eigenvalue weighted by molar-refractivity contribution is -0.121. The quantitative estimate of drug-likeness (QED) is 0.656. The molecule has 0 aliphatic carbocycles. The largest absolute Gasteiger partial charge is 0.588 e. The van der Waals surface area contributed by atoms with Crippen LogP contribution in [0, 0.1) is 5.92 Å². The van der Waals surface area contributed by atoms with E-state index in [0.717, 1.165) is 5.56 Å². The summed E-state index contributed by atoms with van der Waals surface area (Å²) in [7, 11) is 1.57. The van der Waals surface area contributed by atoms with Crippen molar-refractivity contribution in [2.45, 2.75) is 64.2 Å². The van der Waals surface area contributed by atoms with Gasteiger partial charge < -0.3 is 19.3 Å². The molecule has 0 saturated carbocycles. The minimum atomic E-state index is -1.74. The first-order valence-corrected chi connectivity index (χ1v) is 9.96. The molecule has 2 N–H and O–H groups in total. The number of alkyl carbamates (subject to hydrolysis) is 1. The second kappa shape index (κ2) is 10.5. The third-order valence-electron chi connectivity index (χ3n) is 3.33. The van der Waals surface area contributed by atoms with Crippen molar-refractivity contribution < 1.29 is 23.6 Å². The molecule has 8 heteroatoms. The monoisotopic (exact) mass is 398 g/mol. The normalized spacial score (nSPS) is 13.8. The summed E-state index contributed by atoms with van der Waals surface area (Å²) in [5.74, 6) is -0.376. The van der Waals surface area contributed by atoms with Crippen LogP contribution in [0.2, 0.25) is 0 Å². The summed E-state index contributed by atoms with van der Waals surface area (Å²) >= 11 is -1.74. The number of rotatable bonds is 8. The topological polar surface area (TPSA) is 99.7 Å². The molecule has 0 aliphatic rings. The average Bonchev–Trinajstić information content (AvgIpc) is 2.52. The van der Waals surface area contributed by atoms with E-state index >= 15 is 0 Å². The highest BCUT2D eigenvalue weighted by Crippen LogP contribution is 2.14. The summed E-state index contributed by atoms with van der Waals surface area (Å²) in [6.45, 7) is 9.48. The number of amides is 2. The molecule has 1 aromatic rings. The Morgan fingerprint density at radius 2 is 1.93 bits per heavy atom. The Morgan fingerprint density at radius 1 is 1.26 bits per heavy atom. The average molecular weight is 399 g/mol. The SMILES string of the molecule is COCc1cccc([S+]([O-])NC(=O)C(CC(C)C)NC(=O)OC(C)(C)C)c1. The molecule has 0 heterocycles. The minimum Gasteiger partial charge on any atom is -0.588 e. The number of hydrogen-bond acceptors (Lipinski definition) is 5. The van der Waals surface area contributed by atoms with Gasteiger partial charge >= 0.3 is 6.09 Å². The molecular weight excluding hydrogens is 368 g/mol. The van der Waals surface area contributed by atoms with Crippen LogP contribution in [0.15, 0.2) is 29.2 Å². The van der Waals surface area contributed by atoms with Crippen molar-refractivity contribution >= 4 is 23.4 Å². The molecule has 7 nitrogen and oxygen atoms in total. The third kappa shape index (κ3) is 9.12. The summed E-state index contributed by atoms with van der Waals surface area (Å²) in [4.78, 5) is 25.1. The Bertz CT molecular complexity index is 631. The van der Waals surface area contributed by atoms with E-state index in [1.165, 1.54) is 0 Å². The summed E-state index contributed by atoms with van der Waals surface area (Å²) in [5, 5.41) is 2.57. The van der Waals surface area contributed by atoms with Crippen molar-refractivity contribution in [2.75, 3.05) is 7.11 Å². The molecule has 0 saturated heterocycles. The number of nitrogens with one attached hydrogen (secondary N) is 2. The minimum absolute atomic E-state index is 0.147. The zero-order valence-corrected chi connectivity index (χ0v) is 17.6. The van der Waals surface area contributed by atoms with Gasteiger partial charge in [-0.15, -0.1) is 0 Å². The number of ether oxygens (including phenoxy) is 2. The number of carbonyl (C=O) groups is 2. The predicted molar refractivity (Wildman–Crippen MR) is 104 cm³/mol. The van der Waals surface area contributed by atoms with Crippen molar-refractivity contribution in [2.24, 2.45) is 5.92 Å². The first-order valence-electron chi connectivity index (χ1n) is 8.81. The molecule has 0 aromatic heterocycles. The van der Waals surface area contributed by atoms with E-state index < -0.39 is 35.0 Å². The van der Waals surface area contributed by atoms with Gasteiger partial charge in [-0.1, -0.05) is 26.0 Å². The number of benzene rings is 1. The molecule has 2 amide bonds. The van der Waals surface area contributed by atoms with Crippen LogP contribution in [0.25, 0.3) is 0 Å². The summed E-state index contributed by atoms with van der Waals surface area (Å²) < 4.78 is 25.2. The van der Waals surface area contributed by atoms with Crippen molar-refractivity contribution in [3.05, 3.63) is 29.8 Å². The second-order valence-corrected chi connectivity index (χ2v) is 8.86. The van der Waals surface area contributed by atoms with Gasteiger partial charge in [-0.25, -0.2) is 4.79 Å². The van der Waals surface area contributed by atoms with E-state index in [2.05, 4.69) is 10.0 Å². The van der Waals surface area contributed by atoms with E-state index in [4.69, 9.17) is 9.47 Å². The maximum absolute atomic E-state index is 12.6. The Balaban J connectivity index is 2.80. The van der Waals surface area contributed by atoms with Gasteiger partial charge in [0.2, 0.25) is 0 Å². The maximum atomic E-state index is 12.6.